The molecule has 37 heavy (non-hydrogen) atoms. The Balaban J connectivity index is 1.19. The van der Waals surface area contributed by atoms with Gasteiger partial charge in [-0.3, -0.25) is 14.6 Å². The molecule has 0 spiro atoms. The van der Waals surface area contributed by atoms with E-state index in [2.05, 4.69) is 64.7 Å². The summed E-state index contributed by atoms with van der Waals surface area (Å²) in [5.41, 5.74) is 5.69. The second kappa shape index (κ2) is 10.4. The van der Waals surface area contributed by atoms with Crippen LogP contribution >= 0.6 is 0 Å². The monoisotopic (exact) mass is 499 g/mol. The number of aryl methyl sites for hydroxylation is 2. The Kier molecular flexibility index (Phi) is 7.24. The van der Waals surface area contributed by atoms with Crippen molar-refractivity contribution in [2.75, 3.05) is 32.7 Å². The lowest BCUT2D eigenvalue weighted by Gasteiger charge is -2.52. The molecule has 5 rings (SSSR count). The number of aromatic nitrogens is 2. The van der Waals surface area contributed by atoms with Gasteiger partial charge in [0.1, 0.15) is 0 Å². The van der Waals surface area contributed by atoms with Crippen LogP contribution in [0.5, 0.6) is 0 Å². The topological polar surface area (TPSA) is 44.6 Å². The molecule has 2 aliphatic heterocycles. The van der Waals surface area contributed by atoms with Crippen molar-refractivity contribution in [1.82, 2.24) is 24.3 Å². The summed E-state index contributed by atoms with van der Waals surface area (Å²) < 4.78 is 2.04. The minimum absolute atomic E-state index is 0.146. The molecule has 2 aromatic carbocycles. The van der Waals surface area contributed by atoms with E-state index in [9.17, 15) is 4.79 Å². The Morgan fingerprint density at radius 2 is 1.68 bits per heavy atom. The molecule has 0 radical (unpaired) electrons. The Morgan fingerprint density at radius 1 is 1.00 bits per heavy atom. The minimum atomic E-state index is 0.146. The maximum absolute atomic E-state index is 13.3. The van der Waals surface area contributed by atoms with E-state index < -0.39 is 0 Å². The van der Waals surface area contributed by atoms with E-state index in [0.717, 1.165) is 67.9 Å². The molecule has 2 atom stereocenters. The lowest BCUT2D eigenvalue weighted by molar-refractivity contribution is -0.0278. The predicted molar refractivity (Wildman–Crippen MR) is 149 cm³/mol. The maximum atomic E-state index is 13.3. The summed E-state index contributed by atoms with van der Waals surface area (Å²) >= 11 is 0. The molecule has 0 bridgehead atoms. The third kappa shape index (κ3) is 5.10. The lowest BCUT2D eigenvalue weighted by Crippen LogP contribution is -2.62. The second-order valence-electron chi connectivity index (χ2n) is 11.3. The van der Waals surface area contributed by atoms with Crippen LogP contribution in [0.2, 0.25) is 0 Å². The van der Waals surface area contributed by atoms with Gasteiger partial charge >= 0.3 is 0 Å². The first kappa shape index (κ1) is 25.7. The van der Waals surface area contributed by atoms with Crippen molar-refractivity contribution in [2.45, 2.75) is 65.1 Å². The molecule has 6 nitrogen and oxygen atoms in total. The summed E-state index contributed by atoms with van der Waals surface area (Å²) in [5.74, 6) is 0.198. The van der Waals surface area contributed by atoms with Gasteiger partial charge in [0.15, 0.2) is 0 Å². The van der Waals surface area contributed by atoms with Crippen LogP contribution in [-0.2, 0) is 0 Å². The molecular formula is C31H41N5O. The van der Waals surface area contributed by atoms with Crippen LogP contribution in [0, 0.1) is 13.8 Å². The number of hydrogen-bond acceptors (Lipinski definition) is 4. The predicted octanol–water partition coefficient (Wildman–Crippen LogP) is 5.25. The van der Waals surface area contributed by atoms with Crippen LogP contribution in [0.15, 0.2) is 61.2 Å². The highest BCUT2D eigenvalue weighted by Crippen LogP contribution is 2.34. The smallest absolute Gasteiger partial charge is 0.254 e. The highest BCUT2D eigenvalue weighted by Gasteiger charge is 2.40. The van der Waals surface area contributed by atoms with E-state index in [1.54, 1.807) is 0 Å². The molecule has 0 unspecified atom stereocenters. The highest BCUT2D eigenvalue weighted by atomic mass is 16.2. The molecule has 0 N–H and O–H groups in total. The number of carbonyl (C=O) groups is 1. The summed E-state index contributed by atoms with van der Waals surface area (Å²) in [6, 6.07) is 15.8. The van der Waals surface area contributed by atoms with Crippen molar-refractivity contribution in [1.29, 1.82) is 0 Å². The number of likely N-dealkylation sites (tertiary alicyclic amines) is 1. The van der Waals surface area contributed by atoms with E-state index in [1.165, 1.54) is 5.56 Å². The molecule has 1 aromatic heterocycles. The molecule has 2 saturated heterocycles. The van der Waals surface area contributed by atoms with Crippen LogP contribution in [0.1, 0.15) is 66.7 Å². The summed E-state index contributed by atoms with van der Waals surface area (Å²) in [6.45, 7) is 16.1. The standard InChI is InChI=1S/C31H41N5O/c1-23-7-6-8-24(2)29(23)30(37)33-16-13-31(5,14-17-33)35-19-20-36(25(3)21-35)26(4)27-9-11-28(12-10-27)34-18-15-32-22-34/h6-12,15,18,22,25-26H,13-14,16-17,19-21H2,1-5H3/t25-,26+/m0/s1. The van der Waals surface area contributed by atoms with Crippen LogP contribution in [0.4, 0.5) is 0 Å². The van der Waals surface area contributed by atoms with Crippen LogP contribution in [0.3, 0.4) is 0 Å². The Labute approximate surface area is 221 Å². The number of hydrogen-bond donors (Lipinski definition) is 0. The van der Waals surface area contributed by atoms with Gasteiger partial charge in [-0.25, -0.2) is 4.98 Å². The number of rotatable bonds is 5. The van der Waals surface area contributed by atoms with Gasteiger partial charge in [0.05, 0.1) is 6.33 Å². The summed E-state index contributed by atoms with van der Waals surface area (Å²) in [6.07, 6.45) is 7.68. The third-order valence-corrected chi connectivity index (χ3v) is 8.94. The quantitative estimate of drug-likeness (QED) is 0.481. The third-order valence-electron chi connectivity index (χ3n) is 8.94. The van der Waals surface area contributed by atoms with Crippen LogP contribution < -0.4 is 0 Å². The van der Waals surface area contributed by atoms with E-state index in [0.29, 0.717) is 12.1 Å². The molecule has 2 aliphatic rings. The number of carbonyl (C=O) groups excluding carboxylic acids is 1. The van der Waals surface area contributed by atoms with Gasteiger partial charge in [-0.2, -0.15) is 0 Å². The average molecular weight is 500 g/mol. The minimum Gasteiger partial charge on any atom is -0.338 e. The van der Waals surface area contributed by atoms with Gasteiger partial charge in [0, 0.05) is 74.0 Å². The molecular weight excluding hydrogens is 458 g/mol. The fourth-order valence-corrected chi connectivity index (χ4v) is 6.38. The van der Waals surface area contributed by atoms with Crippen molar-refractivity contribution in [3.8, 4) is 5.69 Å². The van der Waals surface area contributed by atoms with Crippen molar-refractivity contribution >= 4 is 5.91 Å². The van der Waals surface area contributed by atoms with Gasteiger partial charge in [-0.05, 0) is 76.3 Å². The van der Waals surface area contributed by atoms with Crippen LogP contribution in [0.25, 0.3) is 5.69 Å². The van der Waals surface area contributed by atoms with Crippen molar-refractivity contribution in [2.24, 2.45) is 0 Å². The second-order valence-corrected chi connectivity index (χ2v) is 11.3. The zero-order chi connectivity index (χ0) is 26.2. The molecule has 0 saturated carbocycles. The van der Waals surface area contributed by atoms with Gasteiger partial charge < -0.3 is 9.47 Å². The number of imidazole rings is 1. The number of nitrogens with zero attached hydrogens (tertiary/aromatic N) is 5. The van der Waals surface area contributed by atoms with Gasteiger partial charge in [0.25, 0.3) is 5.91 Å². The molecule has 6 heteroatoms. The number of benzene rings is 2. The summed E-state index contributed by atoms with van der Waals surface area (Å²) in [4.78, 5) is 24.9. The SMILES string of the molecule is Cc1cccc(C)c1C(=O)N1CCC(C)(N2CCN([C@H](C)c3ccc(-n4ccnc4)cc3)[C@@H](C)C2)CC1. The zero-order valence-corrected chi connectivity index (χ0v) is 23.0. The number of piperidine rings is 1. The van der Waals surface area contributed by atoms with Crippen molar-refractivity contribution < 1.29 is 4.79 Å². The van der Waals surface area contributed by atoms with E-state index in [4.69, 9.17) is 0 Å². The molecule has 3 heterocycles. The van der Waals surface area contributed by atoms with Gasteiger partial charge in [-0.1, -0.05) is 30.3 Å². The average Bonchev–Trinajstić information content (AvgIpc) is 3.44. The fourth-order valence-electron chi connectivity index (χ4n) is 6.38. The summed E-state index contributed by atoms with van der Waals surface area (Å²) in [7, 11) is 0. The molecule has 0 aliphatic carbocycles. The normalized spacial score (nSPS) is 21.6. The van der Waals surface area contributed by atoms with Crippen LogP contribution in [-0.4, -0.2) is 74.5 Å². The van der Waals surface area contributed by atoms with Gasteiger partial charge in [0.2, 0.25) is 0 Å². The summed E-state index contributed by atoms with van der Waals surface area (Å²) in [5, 5.41) is 0. The Bertz CT molecular complexity index is 1190. The highest BCUT2D eigenvalue weighted by molar-refractivity contribution is 5.97. The fraction of sp³-hybridized carbons (Fsp3) is 0.484. The Morgan fingerprint density at radius 3 is 2.27 bits per heavy atom. The molecule has 1 amide bonds. The van der Waals surface area contributed by atoms with E-state index in [-0.39, 0.29) is 11.4 Å². The Hall–Kier alpha value is -2.96. The van der Waals surface area contributed by atoms with Gasteiger partial charge in [-0.15, -0.1) is 0 Å². The van der Waals surface area contributed by atoms with E-state index in [1.807, 2.05) is 55.3 Å². The first-order chi connectivity index (χ1) is 17.8. The first-order valence-corrected chi connectivity index (χ1v) is 13.7. The first-order valence-electron chi connectivity index (χ1n) is 13.7. The molecule has 196 valence electrons. The zero-order valence-electron chi connectivity index (χ0n) is 23.0. The largest absolute Gasteiger partial charge is 0.338 e. The molecule has 2 fully saturated rings. The molecule has 3 aromatic rings. The number of piperazine rings is 1. The van der Waals surface area contributed by atoms with Crippen molar-refractivity contribution in [3.05, 3.63) is 83.4 Å². The van der Waals surface area contributed by atoms with E-state index >= 15 is 0 Å². The maximum Gasteiger partial charge on any atom is 0.254 e. The lowest BCUT2D eigenvalue weighted by atomic mass is 9.85. The number of amides is 1. The van der Waals surface area contributed by atoms with Crippen molar-refractivity contribution in [3.63, 3.8) is 0 Å².